The van der Waals surface area contributed by atoms with Gasteiger partial charge in [0, 0.05) is 15.4 Å². The fourth-order valence-electron chi connectivity index (χ4n) is 3.00. The van der Waals surface area contributed by atoms with E-state index in [2.05, 4.69) is 21.0 Å². The van der Waals surface area contributed by atoms with E-state index in [9.17, 15) is 18.3 Å². The number of rotatable bonds is 2. The van der Waals surface area contributed by atoms with Crippen LogP contribution in [0.25, 0.3) is 27.8 Å². The van der Waals surface area contributed by atoms with Gasteiger partial charge in [-0.3, -0.25) is 0 Å². The summed E-state index contributed by atoms with van der Waals surface area (Å²) in [5.74, 6) is 0.0754. The second-order valence-corrected chi connectivity index (χ2v) is 6.90. The van der Waals surface area contributed by atoms with Gasteiger partial charge in [0.15, 0.2) is 0 Å². The molecule has 1 heterocycles. The van der Waals surface area contributed by atoms with Crippen LogP contribution in [0.2, 0.25) is 0 Å². The molecule has 27 heavy (non-hydrogen) atoms. The Hall–Kier alpha value is -2.80. The van der Waals surface area contributed by atoms with E-state index in [1.54, 1.807) is 42.5 Å². The molecule has 0 atom stereocenters. The summed E-state index contributed by atoms with van der Waals surface area (Å²) in [6, 6.07) is 17.2. The van der Waals surface area contributed by atoms with E-state index in [4.69, 9.17) is 0 Å². The predicted molar refractivity (Wildman–Crippen MR) is 101 cm³/mol. The van der Waals surface area contributed by atoms with Crippen molar-refractivity contribution in [3.63, 3.8) is 0 Å². The highest BCUT2D eigenvalue weighted by atomic mass is 79.9. The lowest BCUT2D eigenvalue weighted by Gasteiger charge is -2.11. The van der Waals surface area contributed by atoms with Crippen LogP contribution in [0.5, 0.6) is 5.75 Å². The van der Waals surface area contributed by atoms with Crippen molar-refractivity contribution >= 4 is 26.8 Å². The number of nitrogens with zero attached hydrogens (tertiary/aromatic N) is 2. The number of fused-ring (bicyclic) bond motifs is 1. The molecule has 0 spiro atoms. The fraction of sp³-hybridized carbons (Fsp3) is 0.0500. The number of hydrogen-bond donors (Lipinski definition) is 1. The molecular weight excluding hydrogens is 421 g/mol. The third-order valence-electron chi connectivity index (χ3n) is 4.22. The highest BCUT2D eigenvalue weighted by Crippen LogP contribution is 2.39. The second kappa shape index (κ2) is 6.42. The lowest BCUT2D eigenvalue weighted by Crippen LogP contribution is -2.08. The highest BCUT2D eigenvalue weighted by Gasteiger charge is 2.35. The molecule has 0 bridgehead atoms. The number of aromatic hydroxyl groups is 1. The van der Waals surface area contributed by atoms with Gasteiger partial charge in [-0.25, -0.2) is 4.68 Å². The molecule has 136 valence electrons. The van der Waals surface area contributed by atoms with Gasteiger partial charge in [-0.15, -0.1) is 0 Å². The van der Waals surface area contributed by atoms with Crippen molar-refractivity contribution in [3.8, 4) is 22.7 Å². The predicted octanol–water partition coefficient (Wildman–Crippen LogP) is 6.18. The molecule has 0 unspecified atom stereocenters. The van der Waals surface area contributed by atoms with Crippen molar-refractivity contribution in [2.75, 3.05) is 0 Å². The lowest BCUT2D eigenvalue weighted by molar-refractivity contribution is -0.136. The van der Waals surface area contributed by atoms with E-state index in [0.29, 0.717) is 22.3 Å². The Morgan fingerprint density at radius 1 is 0.889 bits per heavy atom. The first-order chi connectivity index (χ1) is 12.8. The molecule has 0 saturated heterocycles. The first kappa shape index (κ1) is 17.6. The second-order valence-electron chi connectivity index (χ2n) is 5.98. The normalized spacial score (nSPS) is 11.9. The Labute approximate surface area is 160 Å². The number of phenols is 1. The number of halogens is 4. The molecular formula is C20H12BrF3N2O. The van der Waals surface area contributed by atoms with Gasteiger partial charge in [0.25, 0.3) is 0 Å². The van der Waals surface area contributed by atoms with Crippen LogP contribution in [0.1, 0.15) is 5.56 Å². The SMILES string of the molecule is Oc1ccc(-c2nn(-c3ccc(Br)cc3)c3c(C(F)(F)F)cccc23)cc1. The van der Waals surface area contributed by atoms with Crippen LogP contribution < -0.4 is 0 Å². The van der Waals surface area contributed by atoms with Gasteiger partial charge in [0.2, 0.25) is 0 Å². The van der Waals surface area contributed by atoms with E-state index < -0.39 is 11.7 Å². The van der Waals surface area contributed by atoms with Gasteiger partial charge in [-0.05, 0) is 54.6 Å². The molecule has 3 nitrogen and oxygen atoms in total. The standard InChI is InChI=1S/C20H12BrF3N2O/c21-13-6-8-14(9-7-13)26-19-16(2-1-3-17(19)20(22,23)24)18(25-26)12-4-10-15(27)11-5-12/h1-11,27H. The van der Waals surface area contributed by atoms with E-state index >= 15 is 0 Å². The number of aromatic nitrogens is 2. The van der Waals surface area contributed by atoms with Crippen LogP contribution in [0.4, 0.5) is 13.2 Å². The summed E-state index contributed by atoms with van der Waals surface area (Å²) in [6.07, 6.45) is -4.51. The molecule has 7 heteroatoms. The molecule has 1 aromatic heterocycles. The topological polar surface area (TPSA) is 38.1 Å². The lowest BCUT2D eigenvalue weighted by atomic mass is 10.0. The molecule has 0 radical (unpaired) electrons. The van der Waals surface area contributed by atoms with Crippen LogP contribution >= 0.6 is 15.9 Å². The van der Waals surface area contributed by atoms with Gasteiger partial charge in [-0.1, -0.05) is 28.1 Å². The van der Waals surface area contributed by atoms with Crippen molar-refractivity contribution in [2.45, 2.75) is 6.18 Å². The summed E-state index contributed by atoms with van der Waals surface area (Å²) >= 11 is 3.33. The van der Waals surface area contributed by atoms with Crippen LogP contribution in [-0.4, -0.2) is 14.9 Å². The van der Waals surface area contributed by atoms with Gasteiger partial charge in [-0.2, -0.15) is 18.3 Å². The van der Waals surface area contributed by atoms with Gasteiger partial charge in [0.1, 0.15) is 11.4 Å². The first-order valence-electron chi connectivity index (χ1n) is 7.99. The first-order valence-corrected chi connectivity index (χ1v) is 8.78. The zero-order chi connectivity index (χ0) is 19.2. The average molecular weight is 433 g/mol. The number of para-hydroxylation sites is 1. The Morgan fingerprint density at radius 3 is 2.19 bits per heavy atom. The molecule has 0 aliphatic rings. The van der Waals surface area contributed by atoms with Crippen LogP contribution in [0, 0.1) is 0 Å². The maximum absolute atomic E-state index is 13.7. The van der Waals surface area contributed by atoms with Crippen LogP contribution in [0.15, 0.2) is 71.2 Å². The summed E-state index contributed by atoms with van der Waals surface area (Å²) in [5.41, 5.74) is 0.799. The van der Waals surface area contributed by atoms with Crippen molar-refractivity contribution in [3.05, 3.63) is 76.8 Å². The third kappa shape index (κ3) is 3.19. The minimum Gasteiger partial charge on any atom is -0.508 e. The molecule has 4 rings (SSSR count). The van der Waals surface area contributed by atoms with Crippen LogP contribution in [-0.2, 0) is 6.18 Å². The molecule has 0 fully saturated rings. The number of hydrogen-bond acceptors (Lipinski definition) is 2. The van der Waals surface area contributed by atoms with Crippen LogP contribution in [0.3, 0.4) is 0 Å². The van der Waals surface area contributed by atoms with E-state index in [1.165, 1.54) is 22.9 Å². The van der Waals surface area contributed by atoms with Gasteiger partial charge < -0.3 is 5.11 Å². The van der Waals surface area contributed by atoms with E-state index in [1.807, 2.05) is 0 Å². The number of phenolic OH excluding ortho intramolecular Hbond substituents is 1. The third-order valence-corrected chi connectivity index (χ3v) is 4.75. The number of benzene rings is 3. The molecule has 3 aromatic carbocycles. The summed E-state index contributed by atoms with van der Waals surface area (Å²) < 4.78 is 43.1. The van der Waals surface area contributed by atoms with Gasteiger partial charge in [0.05, 0.1) is 16.8 Å². The van der Waals surface area contributed by atoms with E-state index in [-0.39, 0.29) is 11.3 Å². The summed E-state index contributed by atoms with van der Waals surface area (Å²) in [6.45, 7) is 0. The molecule has 0 saturated carbocycles. The molecule has 1 N–H and O–H groups in total. The average Bonchev–Trinajstić information content (AvgIpc) is 3.02. The van der Waals surface area contributed by atoms with Gasteiger partial charge >= 0.3 is 6.18 Å². The fourth-order valence-corrected chi connectivity index (χ4v) is 3.26. The molecule has 0 aliphatic heterocycles. The summed E-state index contributed by atoms with van der Waals surface area (Å²) in [4.78, 5) is 0. The minimum atomic E-state index is -4.51. The van der Waals surface area contributed by atoms with Crippen molar-refractivity contribution < 1.29 is 18.3 Å². The Bertz CT molecular complexity index is 1120. The molecule has 0 aliphatic carbocycles. The summed E-state index contributed by atoms with van der Waals surface area (Å²) in [7, 11) is 0. The summed E-state index contributed by atoms with van der Waals surface area (Å²) in [5, 5.41) is 14.4. The van der Waals surface area contributed by atoms with Crippen molar-refractivity contribution in [1.82, 2.24) is 9.78 Å². The Balaban J connectivity index is 2.06. The number of alkyl halides is 3. The maximum atomic E-state index is 13.7. The Morgan fingerprint density at radius 2 is 1.56 bits per heavy atom. The largest absolute Gasteiger partial charge is 0.508 e. The quantitative estimate of drug-likeness (QED) is 0.410. The zero-order valence-electron chi connectivity index (χ0n) is 13.7. The van der Waals surface area contributed by atoms with Crippen molar-refractivity contribution in [1.29, 1.82) is 0 Å². The molecule has 0 amide bonds. The highest BCUT2D eigenvalue weighted by molar-refractivity contribution is 9.10. The minimum absolute atomic E-state index is 0.00426. The monoisotopic (exact) mass is 432 g/mol. The zero-order valence-corrected chi connectivity index (χ0v) is 15.3. The van der Waals surface area contributed by atoms with Crippen molar-refractivity contribution in [2.24, 2.45) is 0 Å². The maximum Gasteiger partial charge on any atom is 0.418 e. The smallest absolute Gasteiger partial charge is 0.418 e. The van der Waals surface area contributed by atoms with E-state index in [0.717, 1.165) is 10.5 Å². The Kier molecular flexibility index (Phi) is 4.19. The molecule has 4 aromatic rings.